The fourth-order valence-corrected chi connectivity index (χ4v) is 1.79. The van der Waals surface area contributed by atoms with Crippen LogP contribution >= 0.6 is 0 Å². The number of esters is 1. The zero-order chi connectivity index (χ0) is 12.1. The average molecular weight is 229 g/mol. The Morgan fingerprint density at radius 3 is 2.75 bits per heavy atom. The van der Waals surface area contributed by atoms with Gasteiger partial charge in [0.15, 0.2) is 0 Å². The molecule has 92 valence electrons. The van der Waals surface area contributed by atoms with Crippen LogP contribution in [0.4, 0.5) is 4.79 Å². The molecular weight excluding hydrogens is 210 g/mol. The Morgan fingerprint density at radius 1 is 1.62 bits per heavy atom. The van der Waals surface area contributed by atoms with E-state index in [0.717, 1.165) is 0 Å². The zero-order valence-corrected chi connectivity index (χ0v) is 9.99. The van der Waals surface area contributed by atoms with Gasteiger partial charge in [0.25, 0.3) is 0 Å². The summed E-state index contributed by atoms with van der Waals surface area (Å²) < 4.78 is 10.0. The second-order valence-electron chi connectivity index (χ2n) is 4.31. The molecule has 0 radical (unpaired) electrons. The van der Waals surface area contributed by atoms with Crippen molar-refractivity contribution in [1.82, 2.24) is 5.32 Å². The van der Waals surface area contributed by atoms with Gasteiger partial charge in [-0.05, 0) is 19.3 Å². The first-order chi connectivity index (χ1) is 7.54. The summed E-state index contributed by atoms with van der Waals surface area (Å²) in [6.45, 7) is 6.55. The Labute approximate surface area is 95.5 Å². The molecule has 0 bridgehead atoms. The minimum atomic E-state index is -0.456. The van der Waals surface area contributed by atoms with E-state index in [-0.39, 0.29) is 11.9 Å². The number of hydrogen-bond acceptors (Lipinski definition) is 4. The molecule has 5 nitrogen and oxygen atoms in total. The van der Waals surface area contributed by atoms with Gasteiger partial charge in [-0.1, -0.05) is 13.8 Å². The van der Waals surface area contributed by atoms with E-state index >= 15 is 0 Å². The van der Waals surface area contributed by atoms with Gasteiger partial charge < -0.3 is 14.8 Å². The summed E-state index contributed by atoms with van der Waals surface area (Å²) in [7, 11) is 0. The van der Waals surface area contributed by atoms with Crippen LogP contribution in [0.5, 0.6) is 0 Å². The van der Waals surface area contributed by atoms with Crippen LogP contribution in [0.1, 0.15) is 27.2 Å². The number of cyclic esters (lactones) is 1. The molecule has 5 heteroatoms. The third-order valence-corrected chi connectivity index (χ3v) is 2.47. The number of amides is 1. The lowest BCUT2D eigenvalue weighted by atomic mass is 9.92. The second kappa shape index (κ2) is 5.72. The molecule has 0 saturated carbocycles. The summed E-state index contributed by atoms with van der Waals surface area (Å²) in [5.74, 6) is -0.287. The Bertz CT molecular complexity index is 265. The molecule has 0 unspecified atom stereocenters. The predicted molar refractivity (Wildman–Crippen MR) is 57.8 cm³/mol. The quantitative estimate of drug-likeness (QED) is 0.722. The molecule has 1 fully saturated rings. The maximum Gasteiger partial charge on any atom is 0.407 e. The number of rotatable bonds is 5. The molecule has 1 amide bonds. The topological polar surface area (TPSA) is 64.6 Å². The highest BCUT2D eigenvalue weighted by atomic mass is 16.6. The van der Waals surface area contributed by atoms with Crippen LogP contribution in [-0.2, 0) is 14.3 Å². The molecule has 2 atom stereocenters. The molecule has 0 aromatic rings. The third kappa shape index (κ3) is 3.40. The van der Waals surface area contributed by atoms with Crippen molar-refractivity contribution in [3.63, 3.8) is 0 Å². The average Bonchev–Trinajstić information content (AvgIpc) is 2.61. The second-order valence-corrected chi connectivity index (χ2v) is 4.31. The van der Waals surface area contributed by atoms with Crippen molar-refractivity contribution < 1.29 is 19.1 Å². The first-order valence-corrected chi connectivity index (χ1v) is 5.65. The van der Waals surface area contributed by atoms with E-state index < -0.39 is 12.2 Å². The van der Waals surface area contributed by atoms with Crippen LogP contribution in [-0.4, -0.2) is 31.3 Å². The predicted octanol–water partition coefficient (Wildman–Crippen LogP) is 1.32. The van der Waals surface area contributed by atoms with E-state index in [1.807, 2.05) is 13.8 Å². The summed E-state index contributed by atoms with van der Waals surface area (Å²) in [4.78, 5) is 22.7. The molecule has 1 N–H and O–H groups in total. The number of carbonyl (C=O) groups excluding carboxylic acids is 2. The monoisotopic (exact) mass is 229 g/mol. The fraction of sp³-hybridized carbons (Fsp3) is 0.818. The van der Waals surface area contributed by atoms with Crippen LogP contribution in [0, 0.1) is 11.8 Å². The van der Waals surface area contributed by atoms with Crippen molar-refractivity contribution in [2.75, 3.05) is 13.2 Å². The lowest BCUT2D eigenvalue weighted by Gasteiger charge is -2.21. The maximum atomic E-state index is 11.7. The molecule has 1 saturated heterocycles. The van der Waals surface area contributed by atoms with Crippen LogP contribution in [0.15, 0.2) is 0 Å². The molecule has 0 spiro atoms. The lowest BCUT2D eigenvalue weighted by molar-refractivity contribution is -0.152. The molecule has 1 aliphatic rings. The Hall–Kier alpha value is -1.26. The summed E-state index contributed by atoms with van der Waals surface area (Å²) in [6.07, 6.45) is -0.185. The van der Waals surface area contributed by atoms with Gasteiger partial charge >= 0.3 is 12.1 Å². The Morgan fingerprint density at radius 2 is 2.31 bits per heavy atom. The van der Waals surface area contributed by atoms with Crippen molar-refractivity contribution in [3.05, 3.63) is 0 Å². The van der Waals surface area contributed by atoms with Crippen LogP contribution in [0.2, 0.25) is 0 Å². The van der Waals surface area contributed by atoms with Gasteiger partial charge in [-0.3, -0.25) is 4.79 Å². The highest BCUT2D eigenvalue weighted by molar-refractivity contribution is 5.75. The number of ether oxygens (including phenoxy) is 2. The Balaban J connectivity index is 2.62. The van der Waals surface area contributed by atoms with E-state index in [0.29, 0.717) is 25.5 Å². The van der Waals surface area contributed by atoms with Gasteiger partial charge in [0.2, 0.25) is 0 Å². The van der Waals surface area contributed by atoms with Crippen molar-refractivity contribution in [1.29, 1.82) is 0 Å². The van der Waals surface area contributed by atoms with E-state index in [4.69, 9.17) is 9.47 Å². The van der Waals surface area contributed by atoms with Crippen molar-refractivity contribution >= 4 is 12.1 Å². The number of hydrogen-bond donors (Lipinski definition) is 1. The smallest absolute Gasteiger partial charge is 0.407 e. The maximum absolute atomic E-state index is 11.7. The molecule has 0 aromatic carbocycles. The van der Waals surface area contributed by atoms with Crippen LogP contribution in [0.3, 0.4) is 0 Å². The summed E-state index contributed by atoms with van der Waals surface area (Å²) in [5, 5.41) is 2.55. The minimum absolute atomic E-state index is 0.280. The largest absolute Gasteiger partial charge is 0.466 e. The van der Waals surface area contributed by atoms with Gasteiger partial charge in [-0.15, -0.1) is 0 Å². The standard InChI is InChI=1S/C11H19NO4/c1-4-15-10(13)8(5-7(2)3)9-6-12-11(14)16-9/h7-9H,4-6H2,1-3H3,(H,12,14)/t8-,9+/m1/s1. The van der Waals surface area contributed by atoms with Gasteiger partial charge in [0, 0.05) is 0 Å². The van der Waals surface area contributed by atoms with Gasteiger partial charge in [-0.25, -0.2) is 4.79 Å². The van der Waals surface area contributed by atoms with Crippen LogP contribution < -0.4 is 5.32 Å². The lowest BCUT2D eigenvalue weighted by Crippen LogP contribution is -2.33. The fourth-order valence-electron chi connectivity index (χ4n) is 1.79. The van der Waals surface area contributed by atoms with Gasteiger partial charge in [0.1, 0.15) is 6.10 Å². The Kier molecular flexibility index (Phi) is 4.58. The highest BCUT2D eigenvalue weighted by Crippen LogP contribution is 2.21. The number of nitrogens with one attached hydrogen (secondary N) is 1. The van der Waals surface area contributed by atoms with Crippen molar-refractivity contribution in [2.24, 2.45) is 11.8 Å². The molecule has 1 rings (SSSR count). The van der Waals surface area contributed by atoms with E-state index in [1.54, 1.807) is 6.92 Å². The summed E-state index contributed by atoms with van der Waals surface area (Å²) in [6, 6.07) is 0. The summed E-state index contributed by atoms with van der Waals surface area (Å²) in [5.41, 5.74) is 0. The van der Waals surface area contributed by atoms with Gasteiger partial charge in [-0.2, -0.15) is 0 Å². The first kappa shape index (κ1) is 12.8. The normalized spacial score (nSPS) is 21.5. The van der Waals surface area contributed by atoms with Crippen molar-refractivity contribution in [2.45, 2.75) is 33.3 Å². The minimum Gasteiger partial charge on any atom is -0.466 e. The SMILES string of the molecule is CCOC(=O)[C@H](CC(C)C)[C@@H]1CNC(=O)O1. The zero-order valence-electron chi connectivity index (χ0n) is 9.99. The van der Waals surface area contributed by atoms with E-state index in [1.165, 1.54) is 0 Å². The van der Waals surface area contributed by atoms with Gasteiger partial charge in [0.05, 0.1) is 19.1 Å². The third-order valence-electron chi connectivity index (χ3n) is 2.47. The highest BCUT2D eigenvalue weighted by Gasteiger charge is 2.36. The van der Waals surface area contributed by atoms with E-state index in [9.17, 15) is 9.59 Å². The molecule has 1 aliphatic heterocycles. The number of carbonyl (C=O) groups is 2. The molecule has 0 aromatic heterocycles. The molecular formula is C11H19NO4. The summed E-state index contributed by atoms with van der Waals surface area (Å²) >= 11 is 0. The molecule has 0 aliphatic carbocycles. The van der Waals surface area contributed by atoms with E-state index in [2.05, 4.69) is 5.32 Å². The van der Waals surface area contributed by atoms with Crippen molar-refractivity contribution in [3.8, 4) is 0 Å². The first-order valence-electron chi connectivity index (χ1n) is 5.65. The molecule has 16 heavy (non-hydrogen) atoms. The van der Waals surface area contributed by atoms with Crippen LogP contribution in [0.25, 0.3) is 0 Å². The number of alkyl carbamates (subject to hydrolysis) is 1. The molecule has 1 heterocycles.